The predicted molar refractivity (Wildman–Crippen MR) is 37.3 cm³/mol. The fourth-order valence-electron chi connectivity index (χ4n) is 0.615. The summed E-state index contributed by atoms with van der Waals surface area (Å²) in [5, 5.41) is 0. The van der Waals surface area contributed by atoms with Crippen LogP contribution in [-0.4, -0.2) is 19.7 Å². The van der Waals surface area contributed by atoms with Gasteiger partial charge in [-0.05, 0) is 6.07 Å². The Morgan fingerprint density at radius 2 is 2.18 bits per heavy atom. The van der Waals surface area contributed by atoms with Crippen LogP contribution in [0.4, 0.5) is 4.39 Å². The zero-order chi connectivity index (χ0) is 8.48. The maximum Gasteiger partial charge on any atom is 0.214 e. The lowest BCUT2D eigenvalue weighted by atomic mass is 10.5. The molecule has 0 radical (unpaired) electrons. The standard InChI is InChI=1S/C6H6FNO2S/c1-11(9,10)5-2-3-8-6(7)4-5/h2-4H,1H3. The molecule has 0 amide bonds. The Hall–Kier alpha value is -0.970. The predicted octanol–water partition coefficient (Wildman–Crippen LogP) is 0.624. The first-order valence-corrected chi connectivity index (χ1v) is 4.71. The van der Waals surface area contributed by atoms with Gasteiger partial charge in [-0.15, -0.1) is 0 Å². The number of halogens is 1. The van der Waals surface area contributed by atoms with Crippen LogP contribution in [-0.2, 0) is 9.84 Å². The van der Waals surface area contributed by atoms with Gasteiger partial charge in [0.1, 0.15) is 0 Å². The molecule has 0 aliphatic rings. The number of pyridine rings is 1. The summed E-state index contributed by atoms with van der Waals surface area (Å²) in [6.07, 6.45) is 2.13. The van der Waals surface area contributed by atoms with E-state index in [1.807, 2.05) is 0 Å². The molecule has 60 valence electrons. The molecular formula is C6H6FNO2S. The minimum Gasteiger partial charge on any atom is -0.228 e. The monoisotopic (exact) mass is 175 g/mol. The molecule has 0 fully saturated rings. The van der Waals surface area contributed by atoms with E-state index in [-0.39, 0.29) is 4.90 Å². The van der Waals surface area contributed by atoms with E-state index in [9.17, 15) is 12.8 Å². The number of sulfone groups is 1. The van der Waals surface area contributed by atoms with Crippen molar-refractivity contribution in [1.82, 2.24) is 4.98 Å². The number of aromatic nitrogens is 1. The van der Waals surface area contributed by atoms with E-state index in [1.165, 1.54) is 6.07 Å². The van der Waals surface area contributed by atoms with Crippen LogP contribution in [0.5, 0.6) is 0 Å². The summed E-state index contributed by atoms with van der Waals surface area (Å²) in [5.41, 5.74) is 0. The minimum absolute atomic E-state index is 0.0509. The van der Waals surface area contributed by atoms with Crippen LogP contribution in [0.25, 0.3) is 0 Å². The Balaban J connectivity index is 3.28. The lowest BCUT2D eigenvalue weighted by Crippen LogP contribution is -1.97. The smallest absolute Gasteiger partial charge is 0.214 e. The Labute approximate surface area is 63.8 Å². The molecule has 0 N–H and O–H groups in total. The van der Waals surface area contributed by atoms with Crippen LogP contribution < -0.4 is 0 Å². The molecule has 1 heterocycles. The van der Waals surface area contributed by atoms with Crippen molar-refractivity contribution < 1.29 is 12.8 Å². The van der Waals surface area contributed by atoms with Gasteiger partial charge < -0.3 is 0 Å². The Morgan fingerprint density at radius 1 is 1.55 bits per heavy atom. The number of hydrogen-bond acceptors (Lipinski definition) is 3. The van der Waals surface area contributed by atoms with Crippen molar-refractivity contribution in [3.8, 4) is 0 Å². The molecule has 3 nitrogen and oxygen atoms in total. The molecule has 0 aliphatic carbocycles. The molecule has 0 bridgehead atoms. The molecule has 1 rings (SSSR count). The van der Waals surface area contributed by atoms with Crippen LogP contribution in [0.15, 0.2) is 23.2 Å². The third kappa shape index (κ3) is 1.98. The first-order valence-electron chi connectivity index (χ1n) is 2.82. The van der Waals surface area contributed by atoms with Crippen molar-refractivity contribution in [3.05, 3.63) is 24.3 Å². The summed E-state index contributed by atoms with van der Waals surface area (Å²) < 4.78 is 33.9. The zero-order valence-corrected chi connectivity index (χ0v) is 6.60. The Kier molecular flexibility index (Phi) is 1.90. The molecule has 0 unspecified atom stereocenters. The normalized spacial score (nSPS) is 11.5. The topological polar surface area (TPSA) is 47.0 Å². The highest BCUT2D eigenvalue weighted by molar-refractivity contribution is 7.90. The molecule has 0 saturated heterocycles. The number of nitrogens with zero attached hydrogens (tertiary/aromatic N) is 1. The average molecular weight is 175 g/mol. The third-order valence-electron chi connectivity index (χ3n) is 1.13. The maximum atomic E-state index is 12.3. The quantitative estimate of drug-likeness (QED) is 0.588. The molecular weight excluding hydrogens is 169 g/mol. The van der Waals surface area contributed by atoms with Gasteiger partial charge in [-0.3, -0.25) is 0 Å². The highest BCUT2D eigenvalue weighted by atomic mass is 32.2. The largest absolute Gasteiger partial charge is 0.228 e. The number of rotatable bonds is 1. The second-order valence-electron chi connectivity index (χ2n) is 2.09. The molecule has 0 aliphatic heterocycles. The summed E-state index contributed by atoms with van der Waals surface area (Å²) in [5.74, 6) is -0.784. The van der Waals surface area contributed by atoms with E-state index in [0.717, 1.165) is 18.5 Å². The molecule has 0 spiro atoms. The fraction of sp³-hybridized carbons (Fsp3) is 0.167. The first kappa shape index (κ1) is 8.13. The van der Waals surface area contributed by atoms with Gasteiger partial charge in [0.15, 0.2) is 9.84 Å². The van der Waals surface area contributed by atoms with Gasteiger partial charge in [0.05, 0.1) is 4.90 Å². The number of hydrogen-bond donors (Lipinski definition) is 0. The minimum atomic E-state index is -3.31. The van der Waals surface area contributed by atoms with E-state index in [0.29, 0.717) is 0 Å². The van der Waals surface area contributed by atoms with Crippen LogP contribution in [0, 0.1) is 5.95 Å². The lowest BCUT2D eigenvalue weighted by molar-refractivity contribution is 0.572. The highest BCUT2D eigenvalue weighted by Crippen LogP contribution is 2.07. The van der Waals surface area contributed by atoms with Crippen molar-refractivity contribution in [2.45, 2.75) is 4.90 Å². The molecule has 0 saturated carbocycles. The molecule has 5 heteroatoms. The van der Waals surface area contributed by atoms with Crippen molar-refractivity contribution >= 4 is 9.84 Å². The van der Waals surface area contributed by atoms with Crippen LogP contribution in [0.1, 0.15) is 0 Å². The van der Waals surface area contributed by atoms with E-state index >= 15 is 0 Å². The van der Waals surface area contributed by atoms with Gasteiger partial charge in [-0.1, -0.05) is 0 Å². The highest BCUT2D eigenvalue weighted by Gasteiger charge is 2.06. The second-order valence-corrected chi connectivity index (χ2v) is 4.10. The average Bonchev–Trinajstić information content (AvgIpc) is 1.86. The van der Waals surface area contributed by atoms with Gasteiger partial charge in [0.25, 0.3) is 0 Å². The van der Waals surface area contributed by atoms with Crippen LogP contribution in [0.3, 0.4) is 0 Å². The zero-order valence-electron chi connectivity index (χ0n) is 5.78. The molecule has 11 heavy (non-hydrogen) atoms. The Bertz CT molecular complexity index is 361. The van der Waals surface area contributed by atoms with Crippen molar-refractivity contribution in [2.75, 3.05) is 6.26 Å². The van der Waals surface area contributed by atoms with E-state index in [2.05, 4.69) is 4.98 Å². The van der Waals surface area contributed by atoms with Crippen molar-refractivity contribution in [1.29, 1.82) is 0 Å². The third-order valence-corrected chi connectivity index (χ3v) is 2.24. The van der Waals surface area contributed by atoms with Crippen LogP contribution >= 0.6 is 0 Å². The molecule has 1 aromatic heterocycles. The molecule has 1 aromatic rings. The van der Waals surface area contributed by atoms with Crippen molar-refractivity contribution in [3.63, 3.8) is 0 Å². The van der Waals surface area contributed by atoms with E-state index < -0.39 is 15.8 Å². The van der Waals surface area contributed by atoms with Gasteiger partial charge in [-0.25, -0.2) is 13.4 Å². The summed E-state index contributed by atoms with van der Waals surface area (Å²) in [4.78, 5) is 3.17. The Morgan fingerprint density at radius 3 is 2.55 bits per heavy atom. The summed E-state index contributed by atoms with van der Waals surface area (Å²) in [6, 6.07) is 2.13. The van der Waals surface area contributed by atoms with Gasteiger partial charge >= 0.3 is 0 Å². The SMILES string of the molecule is CS(=O)(=O)c1ccnc(F)c1. The lowest BCUT2D eigenvalue weighted by Gasteiger charge is -1.94. The van der Waals surface area contributed by atoms with Gasteiger partial charge in [0, 0.05) is 18.5 Å². The van der Waals surface area contributed by atoms with E-state index in [1.54, 1.807) is 0 Å². The second kappa shape index (κ2) is 2.58. The van der Waals surface area contributed by atoms with E-state index in [4.69, 9.17) is 0 Å². The van der Waals surface area contributed by atoms with Crippen molar-refractivity contribution in [2.24, 2.45) is 0 Å². The fourth-order valence-corrected chi connectivity index (χ4v) is 1.23. The van der Waals surface area contributed by atoms with Gasteiger partial charge in [0.2, 0.25) is 5.95 Å². The van der Waals surface area contributed by atoms with Gasteiger partial charge in [-0.2, -0.15) is 4.39 Å². The summed E-state index contributed by atoms with van der Waals surface area (Å²) in [6.45, 7) is 0. The maximum absolute atomic E-state index is 12.3. The molecule has 0 atom stereocenters. The summed E-state index contributed by atoms with van der Waals surface area (Å²) in [7, 11) is -3.31. The molecule has 0 aromatic carbocycles. The summed E-state index contributed by atoms with van der Waals surface area (Å²) >= 11 is 0. The first-order chi connectivity index (χ1) is 5.00. The van der Waals surface area contributed by atoms with Crippen LogP contribution in [0.2, 0.25) is 0 Å².